The Morgan fingerprint density at radius 1 is 1.37 bits per heavy atom. The first-order valence-electron chi connectivity index (χ1n) is 7.98. The molecule has 0 radical (unpaired) electrons. The van der Waals surface area contributed by atoms with Gasteiger partial charge in [-0.25, -0.2) is 0 Å². The zero-order chi connectivity index (χ0) is 13.9. The molecule has 1 aliphatic heterocycles. The van der Waals surface area contributed by atoms with E-state index in [1.165, 1.54) is 19.3 Å². The van der Waals surface area contributed by atoms with Crippen molar-refractivity contribution in [2.45, 2.75) is 58.1 Å². The van der Waals surface area contributed by atoms with Gasteiger partial charge in [0, 0.05) is 25.7 Å². The van der Waals surface area contributed by atoms with Gasteiger partial charge in [-0.1, -0.05) is 26.7 Å². The predicted octanol–water partition coefficient (Wildman–Crippen LogP) is 1.63. The molecule has 2 N–H and O–H groups in total. The summed E-state index contributed by atoms with van der Waals surface area (Å²) < 4.78 is 5.50. The molecule has 0 aromatic heterocycles. The number of ether oxygens (including phenoxy) is 1. The van der Waals surface area contributed by atoms with Crippen molar-refractivity contribution >= 4 is 0 Å². The number of likely N-dealkylation sites (tertiary alicyclic amines) is 1. The Kier molecular flexibility index (Phi) is 9.43. The zero-order valence-electron chi connectivity index (χ0n) is 12.7. The van der Waals surface area contributed by atoms with Crippen LogP contribution in [0.5, 0.6) is 0 Å². The van der Waals surface area contributed by atoms with Crippen LogP contribution < -0.4 is 5.32 Å². The highest BCUT2D eigenvalue weighted by Crippen LogP contribution is 2.16. The number of aliphatic hydroxyl groups is 1. The van der Waals surface area contributed by atoms with Crippen molar-refractivity contribution in [3.05, 3.63) is 0 Å². The first-order chi connectivity index (χ1) is 9.27. The SMILES string of the molecule is CCCCOCC(O)CN1CCCCC1CNCC. The summed E-state index contributed by atoms with van der Waals surface area (Å²) in [4.78, 5) is 2.43. The lowest BCUT2D eigenvalue weighted by Crippen LogP contribution is -2.49. The third-order valence-corrected chi connectivity index (χ3v) is 3.78. The minimum atomic E-state index is -0.348. The third kappa shape index (κ3) is 7.25. The predicted molar refractivity (Wildman–Crippen MR) is 79.5 cm³/mol. The molecule has 0 amide bonds. The summed E-state index contributed by atoms with van der Waals surface area (Å²) in [6.07, 6.45) is 5.70. The summed E-state index contributed by atoms with van der Waals surface area (Å²) in [6, 6.07) is 0.582. The first-order valence-corrected chi connectivity index (χ1v) is 7.98. The van der Waals surface area contributed by atoms with Gasteiger partial charge in [0.15, 0.2) is 0 Å². The molecular formula is C15H32N2O2. The lowest BCUT2D eigenvalue weighted by molar-refractivity contribution is 0.00167. The summed E-state index contributed by atoms with van der Waals surface area (Å²) in [7, 11) is 0. The minimum absolute atomic E-state index is 0.348. The first kappa shape index (κ1) is 16.9. The molecule has 4 nitrogen and oxygen atoms in total. The van der Waals surface area contributed by atoms with Crippen LogP contribution in [-0.2, 0) is 4.74 Å². The molecule has 19 heavy (non-hydrogen) atoms. The molecule has 2 unspecified atom stereocenters. The van der Waals surface area contributed by atoms with E-state index in [0.29, 0.717) is 12.6 Å². The molecule has 1 aliphatic rings. The summed E-state index contributed by atoms with van der Waals surface area (Å²) in [6.45, 7) is 9.47. The van der Waals surface area contributed by atoms with E-state index in [0.717, 1.165) is 45.6 Å². The summed E-state index contributed by atoms with van der Waals surface area (Å²) >= 11 is 0. The van der Waals surface area contributed by atoms with Crippen molar-refractivity contribution in [2.24, 2.45) is 0 Å². The fourth-order valence-corrected chi connectivity index (χ4v) is 2.63. The molecule has 0 aliphatic carbocycles. The molecule has 0 saturated carbocycles. The van der Waals surface area contributed by atoms with E-state index in [4.69, 9.17) is 4.74 Å². The van der Waals surface area contributed by atoms with Crippen LogP contribution in [0.1, 0.15) is 46.0 Å². The molecule has 4 heteroatoms. The number of β-amino-alcohol motifs (C(OH)–C–C–N with tert-alkyl or cyclic N) is 1. The number of aliphatic hydroxyl groups excluding tert-OH is 1. The fraction of sp³-hybridized carbons (Fsp3) is 1.00. The lowest BCUT2D eigenvalue weighted by atomic mass is 10.0. The van der Waals surface area contributed by atoms with E-state index >= 15 is 0 Å². The van der Waals surface area contributed by atoms with Crippen LogP contribution in [0.25, 0.3) is 0 Å². The molecule has 0 spiro atoms. The van der Waals surface area contributed by atoms with Crippen molar-refractivity contribution < 1.29 is 9.84 Å². The second-order valence-corrected chi connectivity index (χ2v) is 5.53. The number of unbranched alkanes of at least 4 members (excludes halogenated alkanes) is 1. The van der Waals surface area contributed by atoms with Crippen LogP contribution in [0.3, 0.4) is 0 Å². The van der Waals surface area contributed by atoms with E-state index in [-0.39, 0.29) is 6.10 Å². The van der Waals surface area contributed by atoms with E-state index in [1.807, 2.05) is 0 Å². The van der Waals surface area contributed by atoms with Gasteiger partial charge in [0.05, 0.1) is 12.7 Å². The maximum Gasteiger partial charge on any atom is 0.0900 e. The largest absolute Gasteiger partial charge is 0.389 e. The number of likely N-dealkylation sites (N-methyl/N-ethyl adjacent to an activating group) is 1. The smallest absolute Gasteiger partial charge is 0.0900 e. The van der Waals surface area contributed by atoms with Gasteiger partial charge in [0.1, 0.15) is 0 Å². The number of nitrogens with zero attached hydrogens (tertiary/aromatic N) is 1. The summed E-state index contributed by atoms with van der Waals surface area (Å²) in [5, 5.41) is 13.5. The average Bonchev–Trinajstić information content (AvgIpc) is 2.43. The Balaban J connectivity index is 2.22. The van der Waals surface area contributed by atoms with Gasteiger partial charge in [-0.15, -0.1) is 0 Å². The Labute approximate surface area is 118 Å². The van der Waals surface area contributed by atoms with Crippen LogP contribution in [0, 0.1) is 0 Å². The lowest BCUT2D eigenvalue weighted by Gasteiger charge is -2.37. The minimum Gasteiger partial charge on any atom is -0.389 e. The number of hydrogen-bond acceptors (Lipinski definition) is 4. The molecule has 1 saturated heterocycles. The Hall–Kier alpha value is -0.160. The fourth-order valence-electron chi connectivity index (χ4n) is 2.63. The monoisotopic (exact) mass is 272 g/mol. The van der Waals surface area contributed by atoms with Gasteiger partial charge in [0.2, 0.25) is 0 Å². The van der Waals surface area contributed by atoms with Gasteiger partial charge >= 0.3 is 0 Å². The van der Waals surface area contributed by atoms with Crippen LogP contribution in [-0.4, -0.2) is 61.5 Å². The second kappa shape index (κ2) is 10.6. The molecule has 1 heterocycles. The second-order valence-electron chi connectivity index (χ2n) is 5.53. The molecule has 114 valence electrons. The normalized spacial score (nSPS) is 22.6. The topological polar surface area (TPSA) is 44.7 Å². The van der Waals surface area contributed by atoms with Crippen LogP contribution >= 0.6 is 0 Å². The number of hydrogen-bond donors (Lipinski definition) is 2. The van der Waals surface area contributed by atoms with E-state index in [1.54, 1.807) is 0 Å². The molecular weight excluding hydrogens is 240 g/mol. The van der Waals surface area contributed by atoms with E-state index < -0.39 is 0 Å². The highest BCUT2D eigenvalue weighted by atomic mass is 16.5. The Morgan fingerprint density at radius 2 is 2.21 bits per heavy atom. The van der Waals surface area contributed by atoms with Crippen molar-refractivity contribution in [1.82, 2.24) is 10.2 Å². The molecule has 2 atom stereocenters. The number of nitrogens with one attached hydrogen (secondary N) is 1. The van der Waals surface area contributed by atoms with Crippen molar-refractivity contribution in [3.63, 3.8) is 0 Å². The Bertz CT molecular complexity index is 214. The molecule has 1 rings (SSSR count). The van der Waals surface area contributed by atoms with Gasteiger partial charge < -0.3 is 15.2 Å². The maximum atomic E-state index is 10.1. The van der Waals surface area contributed by atoms with Crippen molar-refractivity contribution in [2.75, 3.05) is 39.4 Å². The van der Waals surface area contributed by atoms with E-state index in [2.05, 4.69) is 24.1 Å². The quantitative estimate of drug-likeness (QED) is 0.593. The average molecular weight is 272 g/mol. The standard InChI is InChI=1S/C15H32N2O2/c1-3-5-10-19-13-15(18)12-17-9-7-6-8-14(17)11-16-4-2/h14-16,18H,3-13H2,1-2H3. The molecule has 1 fully saturated rings. The summed E-state index contributed by atoms with van der Waals surface area (Å²) in [5.74, 6) is 0. The summed E-state index contributed by atoms with van der Waals surface area (Å²) in [5.41, 5.74) is 0. The van der Waals surface area contributed by atoms with Crippen LogP contribution in [0.15, 0.2) is 0 Å². The number of piperidine rings is 1. The van der Waals surface area contributed by atoms with Crippen LogP contribution in [0.2, 0.25) is 0 Å². The number of rotatable bonds is 10. The highest BCUT2D eigenvalue weighted by molar-refractivity contribution is 4.80. The van der Waals surface area contributed by atoms with Gasteiger partial charge in [-0.3, -0.25) is 4.90 Å². The van der Waals surface area contributed by atoms with Gasteiger partial charge in [-0.05, 0) is 32.4 Å². The Morgan fingerprint density at radius 3 is 2.95 bits per heavy atom. The molecule has 0 bridgehead atoms. The maximum absolute atomic E-state index is 10.1. The third-order valence-electron chi connectivity index (χ3n) is 3.78. The molecule has 0 aromatic rings. The van der Waals surface area contributed by atoms with Crippen molar-refractivity contribution in [1.29, 1.82) is 0 Å². The van der Waals surface area contributed by atoms with Gasteiger partial charge in [-0.2, -0.15) is 0 Å². The van der Waals surface area contributed by atoms with Crippen LogP contribution in [0.4, 0.5) is 0 Å². The van der Waals surface area contributed by atoms with Gasteiger partial charge in [0.25, 0.3) is 0 Å². The highest BCUT2D eigenvalue weighted by Gasteiger charge is 2.23. The van der Waals surface area contributed by atoms with E-state index in [9.17, 15) is 5.11 Å². The molecule has 0 aromatic carbocycles. The van der Waals surface area contributed by atoms with Crippen molar-refractivity contribution in [3.8, 4) is 0 Å². The zero-order valence-corrected chi connectivity index (χ0v) is 12.7.